The molecule has 1 aliphatic heterocycles. The molecule has 0 aliphatic carbocycles. The third-order valence-corrected chi connectivity index (χ3v) is 5.37. The summed E-state index contributed by atoms with van der Waals surface area (Å²) in [4.78, 5) is 21.3. The number of hydrogen-bond acceptors (Lipinski definition) is 3. The van der Waals surface area contributed by atoms with Crippen LogP contribution >= 0.6 is 0 Å². The highest BCUT2D eigenvalue weighted by atomic mass is 19.1. The number of aromatic nitrogens is 2. The van der Waals surface area contributed by atoms with E-state index in [-0.39, 0.29) is 11.7 Å². The molecule has 1 atom stereocenters. The van der Waals surface area contributed by atoms with Gasteiger partial charge in [-0.15, -0.1) is 0 Å². The second kappa shape index (κ2) is 9.13. The Labute approximate surface area is 160 Å². The number of carbonyl (C=O) groups is 1. The molecule has 0 unspecified atom stereocenters. The van der Waals surface area contributed by atoms with E-state index < -0.39 is 0 Å². The lowest BCUT2D eigenvalue weighted by Crippen LogP contribution is -2.43. The highest BCUT2D eigenvalue weighted by Crippen LogP contribution is 2.19. The number of imidazole rings is 1. The number of hydrogen-bond donors (Lipinski definition) is 0. The Kier molecular flexibility index (Phi) is 6.61. The van der Waals surface area contributed by atoms with Crippen LogP contribution < -0.4 is 0 Å². The minimum absolute atomic E-state index is 0.00174. The molecule has 6 heteroatoms. The Morgan fingerprint density at radius 3 is 2.96 bits per heavy atom. The Bertz CT molecular complexity index is 760. The minimum Gasteiger partial charge on any atom is -0.336 e. The number of rotatable bonds is 7. The maximum Gasteiger partial charge on any atom is 0.289 e. The lowest BCUT2D eigenvalue weighted by atomic mass is 9.96. The van der Waals surface area contributed by atoms with E-state index in [1.165, 1.54) is 6.07 Å². The maximum atomic E-state index is 13.3. The van der Waals surface area contributed by atoms with Crippen molar-refractivity contribution < 1.29 is 9.18 Å². The Balaban J connectivity index is 1.54. The monoisotopic (exact) mass is 372 g/mol. The molecule has 1 aliphatic rings. The predicted molar refractivity (Wildman–Crippen MR) is 104 cm³/mol. The lowest BCUT2D eigenvalue weighted by Gasteiger charge is -2.35. The smallest absolute Gasteiger partial charge is 0.289 e. The molecule has 0 radical (unpaired) electrons. The number of piperidine rings is 1. The average molecular weight is 372 g/mol. The molecular weight excluding hydrogens is 343 g/mol. The first-order chi connectivity index (χ1) is 13.1. The van der Waals surface area contributed by atoms with Crippen LogP contribution in [0.5, 0.6) is 0 Å². The fraction of sp³-hybridized carbons (Fsp3) is 0.524. The first kappa shape index (κ1) is 19.5. The highest BCUT2D eigenvalue weighted by Gasteiger charge is 2.25. The van der Waals surface area contributed by atoms with E-state index in [2.05, 4.69) is 9.88 Å². The van der Waals surface area contributed by atoms with Gasteiger partial charge in [0.1, 0.15) is 5.82 Å². The molecule has 27 heavy (non-hydrogen) atoms. The molecule has 0 spiro atoms. The number of benzene rings is 1. The molecule has 0 bridgehead atoms. The summed E-state index contributed by atoms with van der Waals surface area (Å²) in [5.41, 5.74) is 1.04. The van der Waals surface area contributed by atoms with E-state index in [0.29, 0.717) is 18.3 Å². The molecule has 1 aromatic carbocycles. The van der Waals surface area contributed by atoms with Crippen molar-refractivity contribution in [2.45, 2.75) is 26.2 Å². The second-order valence-corrected chi connectivity index (χ2v) is 7.39. The Morgan fingerprint density at radius 2 is 2.26 bits per heavy atom. The first-order valence-electron chi connectivity index (χ1n) is 9.80. The Hall–Kier alpha value is -2.21. The predicted octanol–water partition coefficient (Wildman–Crippen LogP) is 2.98. The normalized spacial score (nSPS) is 17.8. The van der Waals surface area contributed by atoms with Crippen LogP contribution in [0.25, 0.3) is 0 Å². The van der Waals surface area contributed by atoms with Gasteiger partial charge in [0.2, 0.25) is 0 Å². The maximum absolute atomic E-state index is 13.3. The van der Waals surface area contributed by atoms with E-state index in [1.807, 2.05) is 24.9 Å². The summed E-state index contributed by atoms with van der Waals surface area (Å²) in [7, 11) is 1.85. The third kappa shape index (κ3) is 5.16. The van der Waals surface area contributed by atoms with Crippen LogP contribution in [0.4, 0.5) is 4.39 Å². The fourth-order valence-electron chi connectivity index (χ4n) is 3.86. The summed E-state index contributed by atoms with van der Waals surface area (Å²) < 4.78 is 15.1. The van der Waals surface area contributed by atoms with E-state index in [9.17, 15) is 9.18 Å². The van der Waals surface area contributed by atoms with Gasteiger partial charge in [0.25, 0.3) is 5.91 Å². The van der Waals surface area contributed by atoms with Crippen LogP contribution in [0.15, 0.2) is 36.7 Å². The van der Waals surface area contributed by atoms with Gasteiger partial charge in [-0.3, -0.25) is 4.79 Å². The summed E-state index contributed by atoms with van der Waals surface area (Å²) in [5, 5.41) is 0. The van der Waals surface area contributed by atoms with Crippen LogP contribution in [0.3, 0.4) is 0 Å². The van der Waals surface area contributed by atoms with E-state index in [4.69, 9.17) is 0 Å². The van der Waals surface area contributed by atoms with Gasteiger partial charge in [-0.05, 0) is 56.3 Å². The van der Waals surface area contributed by atoms with Gasteiger partial charge in [-0.2, -0.15) is 0 Å². The summed E-state index contributed by atoms with van der Waals surface area (Å²) in [6, 6.07) is 6.85. The number of likely N-dealkylation sites (tertiary alicyclic amines) is 1. The number of aryl methyl sites for hydroxylation is 1. The molecule has 1 amide bonds. The number of halogens is 1. The van der Waals surface area contributed by atoms with Crippen LogP contribution in [0, 0.1) is 11.7 Å². The van der Waals surface area contributed by atoms with E-state index in [1.54, 1.807) is 29.1 Å². The van der Waals surface area contributed by atoms with Gasteiger partial charge in [0, 0.05) is 45.6 Å². The first-order valence-corrected chi connectivity index (χ1v) is 9.80. The van der Waals surface area contributed by atoms with Gasteiger partial charge >= 0.3 is 0 Å². The SMILES string of the molecule is CCN(C[C@@H]1CCCN(CCc2cccc(F)c2)C1)C(=O)c1nccn1C. The zero-order valence-electron chi connectivity index (χ0n) is 16.3. The summed E-state index contributed by atoms with van der Waals surface area (Å²) in [6.45, 7) is 6.46. The van der Waals surface area contributed by atoms with Gasteiger partial charge in [-0.1, -0.05) is 12.1 Å². The van der Waals surface area contributed by atoms with Crippen molar-refractivity contribution in [1.29, 1.82) is 0 Å². The van der Waals surface area contributed by atoms with Crippen LogP contribution in [-0.2, 0) is 13.5 Å². The van der Waals surface area contributed by atoms with Crippen molar-refractivity contribution in [3.8, 4) is 0 Å². The van der Waals surface area contributed by atoms with Crippen LogP contribution in [-0.4, -0.2) is 58.0 Å². The molecule has 5 nitrogen and oxygen atoms in total. The van der Waals surface area contributed by atoms with Crippen LogP contribution in [0.2, 0.25) is 0 Å². The molecule has 1 aromatic heterocycles. The number of carbonyl (C=O) groups excluding carboxylic acids is 1. The quantitative estimate of drug-likeness (QED) is 0.750. The zero-order chi connectivity index (χ0) is 19.2. The molecule has 1 fully saturated rings. The fourth-order valence-corrected chi connectivity index (χ4v) is 3.86. The van der Waals surface area contributed by atoms with Crippen molar-refractivity contribution in [3.63, 3.8) is 0 Å². The molecule has 3 rings (SSSR count). The molecule has 1 saturated heterocycles. The molecule has 0 N–H and O–H groups in total. The summed E-state index contributed by atoms with van der Waals surface area (Å²) >= 11 is 0. The standard InChI is InChI=1S/C21H29FN4O/c1-3-26(21(27)20-23-10-13-24(20)2)16-18-7-5-11-25(15-18)12-9-17-6-4-8-19(22)14-17/h4,6,8,10,13-14,18H,3,5,7,9,11-12,15-16H2,1-2H3/t18-/m1/s1. The summed E-state index contributed by atoms with van der Waals surface area (Å²) in [6.07, 6.45) is 6.60. The van der Waals surface area contributed by atoms with Crippen molar-refractivity contribution >= 4 is 5.91 Å². The minimum atomic E-state index is -0.171. The van der Waals surface area contributed by atoms with Crippen LogP contribution in [0.1, 0.15) is 35.9 Å². The Morgan fingerprint density at radius 1 is 1.41 bits per heavy atom. The van der Waals surface area contributed by atoms with E-state index in [0.717, 1.165) is 51.0 Å². The number of amides is 1. The number of nitrogens with zero attached hydrogens (tertiary/aromatic N) is 4. The van der Waals surface area contributed by atoms with Gasteiger partial charge < -0.3 is 14.4 Å². The summed E-state index contributed by atoms with van der Waals surface area (Å²) in [5.74, 6) is 0.795. The third-order valence-electron chi connectivity index (χ3n) is 5.37. The molecule has 2 heterocycles. The van der Waals surface area contributed by atoms with Crippen molar-refractivity contribution in [3.05, 3.63) is 53.9 Å². The largest absolute Gasteiger partial charge is 0.336 e. The van der Waals surface area contributed by atoms with Gasteiger partial charge in [-0.25, -0.2) is 9.37 Å². The lowest BCUT2D eigenvalue weighted by molar-refractivity contribution is 0.0675. The van der Waals surface area contributed by atoms with E-state index >= 15 is 0 Å². The topological polar surface area (TPSA) is 41.4 Å². The van der Waals surface area contributed by atoms with Crippen molar-refractivity contribution in [2.75, 3.05) is 32.7 Å². The second-order valence-electron chi connectivity index (χ2n) is 7.39. The highest BCUT2D eigenvalue weighted by molar-refractivity contribution is 5.90. The molecule has 0 saturated carbocycles. The van der Waals surface area contributed by atoms with Crippen molar-refractivity contribution in [2.24, 2.45) is 13.0 Å². The zero-order valence-corrected chi connectivity index (χ0v) is 16.3. The molecular formula is C21H29FN4O. The van der Waals surface area contributed by atoms with Crippen molar-refractivity contribution in [1.82, 2.24) is 19.4 Å². The van der Waals surface area contributed by atoms with Gasteiger partial charge in [0.05, 0.1) is 0 Å². The van der Waals surface area contributed by atoms with Gasteiger partial charge in [0.15, 0.2) is 5.82 Å². The molecule has 146 valence electrons. The average Bonchev–Trinajstić information content (AvgIpc) is 3.10. The molecule has 2 aromatic rings.